The quantitative estimate of drug-likeness (QED) is 0.609. The number of aliphatic hydroxyl groups is 1. The van der Waals surface area contributed by atoms with Crippen LogP contribution in [-0.2, 0) is 16.1 Å². The molecule has 0 aromatic heterocycles. The lowest BCUT2D eigenvalue weighted by Crippen LogP contribution is -2.43. The molecule has 2 aromatic carbocycles. The molecule has 2 atom stereocenters. The van der Waals surface area contributed by atoms with Crippen LogP contribution in [0.4, 0.5) is 0 Å². The number of carbonyl (C=O) groups is 3. The Balaban J connectivity index is 1.64. The Morgan fingerprint density at radius 3 is 2.08 bits per heavy atom. The summed E-state index contributed by atoms with van der Waals surface area (Å²) in [5, 5.41) is 10.3. The van der Waals surface area contributed by atoms with E-state index in [9.17, 15) is 19.5 Å². The largest absolute Gasteiger partial charge is 0.388 e. The first-order chi connectivity index (χ1) is 12.1. The van der Waals surface area contributed by atoms with Gasteiger partial charge in [0.05, 0.1) is 24.3 Å². The first-order valence-corrected chi connectivity index (χ1v) is 7.86. The highest BCUT2D eigenvalue weighted by Crippen LogP contribution is 2.23. The molecule has 0 spiro atoms. The number of amides is 2. The van der Waals surface area contributed by atoms with Gasteiger partial charge in [-0.2, -0.15) is 0 Å². The fourth-order valence-electron chi connectivity index (χ4n) is 2.70. The smallest absolute Gasteiger partial charge is 0.261 e. The zero-order valence-corrected chi connectivity index (χ0v) is 13.4. The molecule has 1 heterocycles. The van der Waals surface area contributed by atoms with E-state index in [0.29, 0.717) is 17.4 Å². The fraction of sp³-hybridized carbons (Fsp3) is 0.211. The van der Waals surface area contributed by atoms with Crippen LogP contribution in [0.2, 0.25) is 0 Å². The number of hydrogen-bond donors (Lipinski definition) is 1. The van der Waals surface area contributed by atoms with E-state index in [1.807, 2.05) is 30.3 Å². The van der Waals surface area contributed by atoms with Crippen molar-refractivity contribution in [3.8, 4) is 0 Å². The van der Waals surface area contributed by atoms with Crippen molar-refractivity contribution in [1.82, 2.24) is 4.90 Å². The van der Waals surface area contributed by atoms with Crippen LogP contribution < -0.4 is 0 Å². The standard InChI is InChI=1S/C19H17NO5/c21-11-17(25-12-13-6-2-1-3-7-13)16(22)10-20-18(23)14-8-4-5-9-15(14)19(20)24/h1-9,11,16-17,22H,10,12H2. The van der Waals surface area contributed by atoms with Crippen molar-refractivity contribution in [2.24, 2.45) is 0 Å². The van der Waals surface area contributed by atoms with Crippen LogP contribution >= 0.6 is 0 Å². The van der Waals surface area contributed by atoms with Crippen LogP contribution in [0.3, 0.4) is 0 Å². The van der Waals surface area contributed by atoms with Crippen LogP contribution in [0.1, 0.15) is 26.3 Å². The third kappa shape index (κ3) is 3.50. The monoisotopic (exact) mass is 339 g/mol. The minimum atomic E-state index is -1.30. The summed E-state index contributed by atoms with van der Waals surface area (Å²) in [6.45, 7) is -0.159. The van der Waals surface area contributed by atoms with Gasteiger partial charge in [-0.05, 0) is 17.7 Å². The molecule has 1 aliphatic rings. The van der Waals surface area contributed by atoms with Crippen molar-refractivity contribution >= 4 is 18.1 Å². The molecule has 0 saturated heterocycles. The van der Waals surface area contributed by atoms with Crippen LogP contribution in [-0.4, -0.2) is 46.9 Å². The first kappa shape index (κ1) is 17.0. The van der Waals surface area contributed by atoms with Gasteiger partial charge in [-0.15, -0.1) is 0 Å². The third-order valence-electron chi connectivity index (χ3n) is 4.05. The molecular formula is C19H17NO5. The van der Waals surface area contributed by atoms with E-state index in [1.54, 1.807) is 24.3 Å². The summed E-state index contributed by atoms with van der Waals surface area (Å²) in [6.07, 6.45) is -1.96. The minimum Gasteiger partial charge on any atom is -0.388 e. The Morgan fingerprint density at radius 2 is 1.52 bits per heavy atom. The van der Waals surface area contributed by atoms with Crippen LogP contribution in [0.15, 0.2) is 54.6 Å². The summed E-state index contributed by atoms with van der Waals surface area (Å²) in [5.41, 5.74) is 1.45. The third-order valence-corrected chi connectivity index (χ3v) is 4.05. The summed E-state index contributed by atoms with van der Waals surface area (Å²) in [6, 6.07) is 15.7. The molecule has 0 aliphatic carbocycles. The highest BCUT2D eigenvalue weighted by atomic mass is 16.5. The van der Waals surface area contributed by atoms with Crippen molar-refractivity contribution in [2.45, 2.75) is 18.8 Å². The normalized spacial score (nSPS) is 15.8. The summed E-state index contributed by atoms with van der Waals surface area (Å²) in [4.78, 5) is 36.8. The molecule has 0 radical (unpaired) electrons. The number of ether oxygens (including phenoxy) is 1. The maximum absolute atomic E-state index is 12.3. The summed E-state index contributed by atoms with van der Waals surface area (Å²) in [5.74, 6) is -0.959. The predicted molar refractivity (Wildman–Crippen MR) is 88.9 cm³/mol. The van der Waals surface area contributed by atoms with E-state index < -0.39 is 24.0 Å². The number of aldehydes is 1. The van der Waals surface area contributed by atoms with E-state index in [0.717, 1.165) is 10.5 Å². The van der Waals surface area contributed by atoms with Crippen molar-refractivity contribution in [2.75, 3.05) is 6.54 Å². The molecule has 3 rings (SSSR count). The number of hydrogen-bond acceptors (Lipinski definition) is 5. The van der Waals surface area contributed by atoms with Crippen molar-refractivity contribution in [3.05, 3.63) is 71.3 Å². The lowest BCUT2D eigenvalue weighted by molar-refractivity contribution is -0.127. The van der Waals surface area contributed by atoms with Gasteiger partial charge >= 0.3 is 0 Å². The van der Waals surface area contributed by atoms with Crippen LogP contribution in [0.25, 0.3) is 0 Å². The molecule has 0 fully saturated rings. The number of aliphatic hydroxyl groups excluding tert-OH is 1. The molecule has 6 heteroatoms. The number of β-amino-alcohol motifs (C(OH)–C–C–N with tert-alkyl or cyclic N) is 1. The van der Waals surface area contributed by atoms with Gasteiger partial charge in [0, 0.05) is 0 Å². The van der Waals surface area contributed by atoms with E-state index in [1.165, 1.54) is 0 Å². The van der Waals surface area contributed by atoms with Gasteiger partial charge in [0.15, 0.2) is 6.29 Å². The lowest BCUT2D eigenvalue weighted by Gasteiger charge is -2.22. The number of benzene rings is 2. The number of nitrogens with zero attached hydrogens (tertiary/aromatic N) is 1. The second-order valence-corrected chi connectivity index (χ2v) is 5.73. The Bertz CT molecular complexity index is 754. The first-order valence-electron chi connectivity index (χ1n) is 7.86. The fourth-order valence-corrected chi connectivity index (χ4v) is 2.70. The molecule has 2 unspecified atom stereocenters. The topological polar surface area (TPSA) is 83.9 Å². The highest BCUT2D eigenvalue weighted by molar-refractivity contribution is 6.21. The number of imide groups is 1. The van der Waals surface area contributed by atoms with Crippen molar-refractivity contribution in [1.29, 1.82) is 0 Å². The maximum atomic E-state index is 12.3. The molecule has 2 amide bonds. The van der Waals surface area contributed by atoms with Crippen LogP contribution in [0.5, 0.6) is 0 Å². The summed E-state index contributed by atoms with van der Waals surface area (Å²) >= 11 is 0. The van der Waals surface area contributed by atoms with E-state index in [2.05, 4.69) is 0 Å². The van der Waals surface area contributed by atoms with Gasteiger partial charge in [0.2, 0.25) is 0 Å². The van der Waals surface area contributed by atoms with Gasteiger partial charge < -0.3 is 14.6 Å². The number of rotatable bonds is 7. The van der Waals surface area contributed by atoms with E-state index in [-0.39, 0.29) is 13.2 Å². The molecule has 1 N–H and O–H groups in total. The SMILES string of the molecule is O=CC(OCc1ccccc1)C(O)CN1C(=O)c2ccccc2C1=O. The second-order valence-electron chi connectivity index (χ2n) is 5.73. The Hall–Kier alpha value is -2.83. The molecular weight excluding hydrogens is 322 g/mol. The highest BCUT2D eigenvalue weighted by Gasteiger charge is 2.37. The number of fused-ring (bicyclic) bond motifs is 1. The Labute approximate surface area is 144 Å². The molecule has 25 heavy (non-hydrogen) atoms. The van der Waals surface area contributed by atoms with Gasteiger partial charge in [-0.1, -0.05) is 42.5 Å². The van der Waals surface area contributed by atoms with E-state index in [4.69, 9.17) is 4.74 Å². The zero-order chi connectivity index (χ0) is 17.8. The summed E-state index contributed by atoms with van der Waals surface area (Å²) in [7, 11) is 0. The minimum absolute atomic E-state index is 0.142. The average molecular weight is 339 g/mol. The van der Waals surface area contributed by atoms with Crippen molar-refractivity contribution in [3.63, 3.8) is 0 Å². The second kappa shape index (κ2) is 7.38. The van der Waals surface area contributed by atoms with Gasteiger partial charge in [-0.25, -0.2) is 0 Å². The Kier molecular flexibility index (Phi) is 5.02. The van der Waals surface area contributed by atoms with Crippen molar-refractivity contribution < 1.29 is 24.2 Å². The average Bonchev–Trinajstić information content (AvgIpc) is 2.88. The van der Waals surface area contributed by atoms with Gasteiger partial charge in [0.25, 0.3) is 11.8 Å². The van der Waals surface area contributed by atoms with Gasteiger partial charge in [-0.3, -0.25) is 14.5 Å². The van der Waals surface area contributed by atoms with Crippen LogP contribution in [0, 0.1) is 0 Å². The predicted octanol–water partition coefficient (Wildman–Crippen LogP) is 1.43. The molecule has 0 bridgehead atoms. The molecule has 6 nitrogen and oxygen atoms in total. The molecule has 1 aliphatic heterocycles. The summed E-state index contributed by atoms with van der Waals surface area (Å²) < 4.78 is 5.43. The maximum Gasteiger partial charge on any atom is 0.261 e. The van der Waals surface area contributed by atoms with E-state index >= 15 is 0 Å². The lowest BCUT2D eigenvalue weighted by atomic mass is 10.1. The molecule has 128 valence electrons. The molecule has 2 aromatic rings. The number of carbonyl (C=O) groups excluding carboxylic acids is 3. The zero-order valence-electron chi connectivity index (χ0n) is 13.4. The molecule has 0 saturated carbocycles. The Morgan fingerprint density at radius 1 is 0.960 bits per heavy atom. The van der Waals surface area contributed by atoms with Gasteiger partial charge in [0.1, 0.15) is 12.2 Å².